The Balaban J connectivity index is 0.000000269. The molecule has 0 radical (unpaired) electrons. The van der Waals surface area contributed by atoms with E-state index in [0.717, 1.165) is 49.2 Å². The number of nitrogens with one attached hydrogen (secondary N) is 2. The molecule has 2 amide bonds. The third-order valence-corrected chi connectivity index (χ3v) is 6.14. The molecule has 1 unspecified atom stereocenters. The number of methoxy groups -OCH3 is 1. The second-order valence-electron chi connectivity index (χ2n) is 9.28. The van der Waals surface area contributed by atoms with Crippen LogP contribution in [0, 0.1) is 0 Å². The number of aryl methyl sites for hydroxylation is 1. The minimum Gasteiger partial charge on any atom is -0.493 e. The number of carbonyl (C=O) groups is 2. The topological polar surface area (TPSA) is 89.1 Å². The molecule has 3 rings (SSSR count). The number of ether oxygens (including phenoxy) is 3. The summed E-state index contributed by atoms with van der Waals surface area (Å²) in [5.74, 6) is 0.825. The molecule has 8 nitrogen and oxygen atoms in total. The van der Waals surface area contributed by atoms with E-state index in [2.05, 4.69) is 17.6 Å². The first-order valence-electron chi connectivity index (χ1n) is 13.0. The predicted molar refractivity (Wildman–Crippen MR) is 146 cm³/mol. The predicted octanol–water partition coefficient (Wildman–Crippen LogP) is 4.42. The lowest BCUT2D eigenvalue weighted by atomic mass is 10.1. The number of nitrogens with zero attached hydrogens (tertiary/aromatic N) is 1. The Morgan fingerprint density at radius 2 is 1.89 bits per heavy atom. The van der Waals surface area contributed by atoms with Gasteiger partial charge in [-0.05, 0) is 56.5 Å². The number of hydrogen-bond donors (Lipinski definition) is 2. The summed E-state index contributed by atoms with van der Waals surface area (Å²) in [6, 6.07) is 15.8. The summed E-state index contributed by atoms with van der Waals surface area (Å²) in [7, 11) is 3.50. The van der Waals surface area contributed by atoms with Gasteiger partial charge in [-0.2, -0.15) is 0 Å². The zero-order chi connectivity index (χ0) is 27.0. The summed E-state index contributed by atoms with van der Waals surface area (Å²) in [6.45, 7) is 9.48. The highest BCUT2D eigenvalue weighted by molar-refractivity contribution is 5.94. The summed E-state index contributed by atoms with van der Waals surface area (Å²) in [5.41, 5.74) is 2.79. The van der Waals surface area contributed by atoms with Gasteiger partial charge in [0, 0.05) is 51.4 Å². The Morgan fingerprint density at radius 3 is 2.51 bits per heavy atom. The fourth-order valence-electron chi connectivity index (χ4n) is 3.65. The van der Waals surface area contributed by atoms with E-state index in [1.807, 2.05) is 69.4 Å². The Hall–Kier alpha value is -3.10. The summed E-state index contributed by atoms with van der Waals surface area (Å²) in [5, 5.41) is 6.01. The maximum Gasteiger partial charge on any atom is 0.407 e. The summed E-state index contributed by atoms with van der Waals surface area (Å²) >= 11 is 0. The van der Waals surface area contributed by atoms with Crippen molar-refractivity contribution in [1.82, 2.24) is 15.5 Å². The van der Waals surface area contributed by atoms with Crippen LogP contribution in [0.15, 0.2) is 48.5 Å². The molecular formula is C29H43N3O5. The Kier molecular flexibility index (Phi) is 13.5. The number of rotatable bonds is 11. The lowest BCUT2D eigenvalue weighted by molar-refractivity contribution is 0.0754. The number of benzene rings is 2. The van der Waals surface area contributed by atoms with Crippen molar-refractivity contribution in [2.45, 2.75) is 58.7 Å². The minimum atomic E-state index is -0.336. The van der Waals surface area contributed by atoms with Crippen LogP contribution in [0.5, 0.6) is 5.75 Å². The van der Waals surface area contributed by atoms with Crippen LogP contribution < -0.4 is 15.4 Å². The quantitative estimate of drug-likeness (QED) is 0.433. The van der Waals surface area contributed by atoms with Crippen LogP contribution in [0.2, 0.25) is 0 Å². The van der Waals surface area contributed by atoms with Gasteiger partial charge in [-0.3, -0.25) is 4.79 Å². The van der Waals surface area contributed by atoms with Crippen molar-refractivity contribution in [2.75, 3.05) is 40.5 Å². The molecule has 1 saturated heterocycles. The Bertz CT molecular complexity index is 946. The van der Waals surface area contributed by atoms with Crippen molar-refractivity contribution in [3.8, 4) is 5.75 Å². The maximum absolute atomic E-state index is 12.4. The first-order valence-corrected chi connectivity index (χ1v) is 13.0. The first-order chi connectivity index (χ1) is 17.8. The molecule has 2 N–H and O–H groups in total. The van der Waals surface area contributed by atoms with Gasteiger partial charge >= 0.3 is 6.09 Å². The fourth-order valence-corrected chi connectivity index (χ4v) is 3.65. The Morgan fingerprint density at radius 1 is 1.14 bits per heavy atom. The van der Waals surface area contributed by atoms with Crippen molar-refractivity contribution in [2.24, 2.45) is 0 Å². The van der Waals surface area contributed by atoms with E-state index in [1.165, 1.54) is 0 Å². The third-order valence-electron chi connectivity index (χ3n) is 6.14. The molecule has 1 fully saturated rings. The van der Waals surface area contributed by atoms with Crippen LogP contribution in [-0.4, -0.2) is 69.4 Å². The van der Waals surface area contributed by atoms with E-state index in [0.29, 0.717) is 25.4 Å². The largest absolute Gasteiger partial charge is 0.493 e. The molecule has 1 heterocycles. The van der Waals surface area contributed by atoms with Crippen molar-refractivity contribution in [1.29, 1.82) is 0 Å². The van der Waals surface area contributed by atoms with Gasteiger partial charge in [0.05, 0.1) is 6.61 Å². The lowest BCUT2D eigenvalue weighted by Crippen LogP contribution is -2.36. The van der Waals surface area contributed by atoms with Gasteiger partial charge in [-0.25, -0.2) is 4.79 Å². The summed E-state index contributed by atoms with van der Waals surface area (Å²) < 4.78 is 15.9. The molecule has 0 spiro atoms. The number of hydrogen-bond acceptors (Lipinski definition) is 6. The monoisotopic (exact) mass is 513 g/mol. The highest BCUT2D eigenvalue weighted by atomic mass is 16.5. The summed E-state index contributed by atoms with van der Waals surface area (Å²) in [6.07, 6.45) is 2.36. The van der Waals surface area contributed by atoms with E-state index in [9.17, 15) is 9.59 Å². The molecule has 1 aliphatic heterocycles. The van der Waals surface area contributed by atoms with Crippen molar-refractivity contribution in [3.63, 3.8) is 0 Å². The van der Waals surface area contributed by atoms with E-state index in [1.54, 1.807) is 12.0 Å². The molecule has 204 valence electrons. The molecule has 0 saturated carbocycles. The van der Waals surface area contributed by atoms with Gasteiger partial charge in [0.2, 0.25) is 0 Å². The van der Waals surface area contributed by atoms with E-state index < -0.39 is 0 Å². The average molecular weight is 514 g/mol. The Labute approximate surface area is 221 Å². The smallest absolute Gasteiger partial charge is 0.407 e. The van der Waals surface area contributed by atoms with Gasteiger partial charge in [0.15, 0.2) is 0 Å². The molecule has 1 atom stereocenters. The first kappa shape index (κ1) is 30.1. The molecule has 2 aromatic carbocycles. The number of amides is 2. The fraction of sp³-hybridized carbons (Fsp3) is 0.517. The van der Waals surface area contributed by atoms with Gasteiger partial charge < -0.3 is 29.7 Å². The van der Waals surface area contributed by atoms with Gasteiger partial charge in [0.1, 0.15) is 12.4 Å². The normalized spacial score (nSPS) is 14.5. The van der Waals surface area contributed by atoms with E-state index >= 15 is 0 Å². The van der Waals surface area contributed by atoms with Gasteiger partial charge in [0.25, 0.3) is 5.91 Å². The molecule has 8 heteroatoms. The van der Waals surface area contributed by atoms with Crippen molar-refractivity contribution < 1.29 is 23.8 Å². The van der Waals surface area contributed by atoms with E-state index in [-0.39, 0.29) is 24.1 Å². The second-order valence-corrected chi connectivity index (χ2v) is 9.28. The van der Waals surface area contributed by atoms with Crippen LogP contribution >= 0.6 is 0 Å². The molecule has 1 aliphatic rings. The maximum atomic E-state index is 12.4. The average Bonchev–Trinajstić information content (AvgIpc) is 3.43. The standard InChI is InChI=1S/C17H27NO3.C12H16N2O2/c1-6-14-8-9-15(17(19)18(4)13(2)3)12-16(14)21-11-7-10-20-5;15-12(14-11-6-7-13-8-11)16-9-10-4-2-1-3-5-10/h8-9,12-13H,6-7,10-11H2,1-5H3;1-5,11,13H,6-9H2,(H,14,15). The number of carbonyl (C=O) groups excluding carboxylic acids is 2. The minimum absolute atomic E-state index is 0.0226. The van der Waals surface area contributed by atoms with E-state index in [4.69, 9.17) is 14.2 Å². The molecule has 2 aromatic rings. The third kappa shape index (κ3) is 10.8. The van der Waals surface area contributed by atoms with Crippen LogP contribution in [0.3, 0.4) is 0 Å². The molecule has 0 aromatic heterocycles. The molecule has 37 heavy (non-hydrogen) atoms. The molecule has 0 aliphatic carbocycles. The van der Waals surface area contributed by atoms with Crippen LogP contribution in [0.1, 0.15) is 55.1 Å². The lowest BCUT2D eigenvalue weighted by Gasteiger charge is -2.22. The van der Waals surface area contributed by atoms with Gasteiger partial charge in [-0.1, -0.05) is 43.3 Å². The zero-order valence-electron chi connectivity index (χ0n) is 22.9. The zero-order valence-corrected chi connectivity index (χ0v) is 22.9. The van der Waals surface area contributed by atoms with Crippen molar-refractivity contribution in [3.05, 3.63) is 65.2 Å². The molecule has 0 bridgehead atoms. The van der Waals surface area contributed by atoms with Crippen LogP contribution in [0.25, 0.3) is 0 Å². The van der Waals surface area contributed by atoms with Crippen LogP contribution in [0.4, 0.5) is 4.79 Å². The van der Waals surface area contributed by atoms with Crippen molar-refractivity contribution >= 4 is 12.0 Å². The highest BCUT2D eigenvalue weighted by Crippen LogP contribution is 2.22. The highest BCUT2D eigenvalue weighted by Gasteiger charge is 2.17. The summed E-state index contributed by atoms with van der Waals surface area (Å²) in [4.78, 5) is 25.5. The number of alkyl carbamates (subject to hydrolysis) is 1. The van der Waals surface area contributed by atoms with Gasteiger partial charge in [-0.15, -0.1) is 0 Å². The van der Waals surface area contributed by atoms with Crippen LogP contribution in [-0.2, 0) is 22.5 Å². The molecular weight excluding hydrogens is 470 g/mol. The second kappa shape index (κ2) is 16.6. The SMILES string of the molecule is CCc1ccc(C(=O)N(C)C(C)C)cc1OCCCOC.O=C(NC1CCNC1)OCc1ccccc1.